The van der Waals surface area contributed by atoms with Crippen molar-refractivity contribution in [1.29, 1.82) is 0 Å². The molecule has 5 nitrogen and oxygen atoms in total. The van der Waals surface area contributed by atoms with Crippen molar-refractivity contribution in [3.05, 3.63) is 34.9 Å². The molecule has 1 saturated heterocycles. The van der Waals surface area contributed by atoms with Crippen molar-refractivity contribution in [2.45, 2.75) is 77.0 Å². The summed E-state index contributed by atoms with van der Waals surface area (Å²) in [6, 6.07) is 7.45. The molecule has 2 amide bonds. The van der Waals surface area contributed by atoms with Crippen LogP contribution < -0.4 is 0 Å². The summed E-state index contributed by atoms with van der Waals surface area (Å²) in [4.78, 5) is 29.7. The first-order chi connectivity index (χ1) is 13.3. The Kier molecular flexibility index (Phi) is 6.54. The highest BCUT2D eigenvalue weighted by Gasteiger charge is 2.39. The van der Waals surface area contributed by atoms with Crippen LogP contribution in [0.25, 0.3) is 0 Å². The molecule has 1 atom stereocenters. The van der Waals surface area contributed by atoms with Gasteiger partial charge < -0.3 is 14.5 Å². The second kappa shape index (κ2) is 8.73. The molecule has 154 valence electrons. The molecule has 1 aromatic rings. The van der Waals surface area contributed by atoms with Crippen molar-refractivity contribution in [3.63, 3.8) is 0 Å². The van der Waals surface area contributed by atoms with Gasteiger partial charge in [-0.05, 0) is 52.2 Å². The molecule has 1 aliphatic heterocycles. The van der Waals surface area contributed by atoms with Crippen LogP contribution in [0.4, 0.5) is 4.79 Å². The smallest absolute Gasteiger partial charge is 0.410 e. The molecule has 28 heavy (non-hydrogen) atoms. The Morgan fingerprint density at radius 2 is 1.75 bits per heavy atom. The van der Waals surface area contributed by atoms with E-state index in [0.717, 1.165) is 32.1 Å². The van der Waals surface area contributed by atoms with Crippen molar-refractivity contribution in [2.75, 3.05) is 13.1 Å². The average molecular weight is 407 g/mol. The largest absolute Gasteiger partial charge is 0.444 e. The Hall–Kier alpha value is -1.75. The van der Waals surface area contributed by atoms with Gasteiger partial charge >= 0.3 is 6.09 Å². The number of rotatable bonds is 3. The second-order valence-corrected chi connectivity index (χ2v) is 9.26. The summed E-state index contributed by atoms with van der Waals surface area (Å²) >= 11 is 6.33. The number of hydrogen-bond donors (Lipinski definition) is 0. The number of ether oxygens (including phenoxy) is 1. The van der Waals surface area contributed by atoms with Gasteiger partial charge in [0.05, 0.1) is 16.6 Å². The maximum absolute atomic E-state index is 13.5. The van der Waals surface area contributed by atoms with Gasteiger partial charge in [-0.25, -0.2) is 4.79 Å². The van der Waals surface area contributed by atoms with E-state index in [4.69, 9.17) is 16.3 Å². The Bertz CT molecular complexity index is 710. The number of hydrogen-bond acceptors (Lipinski definition) is 3. The number of benzene rings is 1. The number of likely N-dealkylation sites (tertiary alicyclic amines) is 1. The SMILES string of the molecule is CC(C)(C)OC(=O)N1CCC(N(C(=O)c2ccccc2Cl)C2CCCCC2)C1. The predicted octanol–water partition coefficient (Wildman–Crippen LogP) is 5.12. The van der Waals surface area contributed by atoms with Gasteiger partial charge in [0.1, 0.15) is 5.60 Å². The second-order valence-electron chi connectivity index (χ2n) is 8.85. The van der Waals surface area contributed by atoms with Gasteiger partial charge in [-0.2, -0.15) is 0 Å². The van der Waals surface area contributed by atoms with Crippen molar-refractivity contribution >= 4 is 23.6 Å². The standard InChI is InChI=1S/C22H31ClN2O3/c1-22(2,3)28-21(27)24-14-13-17(15-24)25(16-9-5-4-6-10-16)20(26)18-11-7-8-12-19(18)23/h7-8,11-12,16-17H,4-6,9-10,13-15H2,1-3H3. The quantitative estimate of drug-likeness (QED) is 0.699. The van der Waals surface area contributed by atoms with Crippen molar-refractivity contribution in [3.8, 4) is 0 Å². The Morgan fingerprint density at radius 1 is 1.07 bits per heavy atom. The summed E-state index contributed by atoms with van der Waals surface area (Å²) < 4.78 is 5.52. The van der Waals surface area contributed by atoms with E-state index in [2.05, 4.69) is 0 Å². The first-order valence-corrected chi connectivity index (χ1v) is 10.7. The fraction of sp³-hybridized carbons (Fsp3) is 0.636. The fourth-order valence-electron chi connectivity index (χ4n) is 4.22. The van der Waals surface area contributed by atoms with Crippen LogP contribution in [-0.4, -0.2) is 52.6 Å². The van der Waals surface area contributed by atoms with Crippen LogP contribution in [0.2, 0.25) is 5.02 Å². The van der Waals surface area contributed by atoms with E-state index >= 15 is 0 Å². The Labute approximate surface area is 173 Å². The maximum Gasteiger partial charge on any atom is 0.410 e. The fourth-order valence-corrected chi connectivity index (χ4v) is 4.44. The third kappa shape index (κ3) is 4.99. The molecule has 1 heterocycles. The topological polar surface area (TPSA) is 49.9 Å². The molecule has 2 aliphatic rings. The van der Waals surface area contributed by atoms with E-state index in [1.165, 1.54) is 6.42 Å². The van der Waals surface area contributed by atoms with Crippen molar-refractivity contribution in [2.24, 2.45) is 0 Å². The van der Waals surface area contributed by atoms with Crippen LogP contribution in [0.15, 0.2) is 24.3 Å². The number of halogens is 1. The van der Waals surface area contributed by atoms with Crippen LogP contribution in [0.3, 0.4) is 0 Å². The predicted molar refractivity (Wildman–Crippen MR) is 111 cm³/mol. The molecular formula is C22H31ClN2O3. The summed E-state index contributed by atoms with van der Waals surface area (Å²) in [5.41, 5.74) is 0.0245. The summed E-state index contributed by atoms with van der Waals surface area (Å²) in [7, 11) is 0. The molecule has 0 bridgehead atoms. The van der Waals surface area contributed by atoms with Gasteiger partial charge in [-0.1, -0.05) is 43.0 Å². The third-order valence-electron chi connectivity index (χ3n) is 5.52. The lowest BCUT2D eigenvalue weighted by Gasteiger charge is -2.39. The lowest BCUT2D eigenvalue weighted by Crippen LogP contribution is -2.49. The number of carbonyl (C=O) groups is 2. The highest BCUT2D eigenvalue weighted by atomic mass is 35.5. The summed E-state index contributed by atoms with van der Waals surface area (Å²) in [6.45, 7) is 6.73. The van der Waals surface area contributed by atoms with E-state index in [9.17, 15) is 9.59 Å². The van der Waals surface area contributed by atoms with E-state index in [1.807, 2.05) is 37.8 Å². The monoisotopic (exact) mass is 406 g/mol. The van der Waals surface area contributed by atoms with E-state index in [-0.39, 0.29) is 24.1 Å². The van der Waals surface area contributed by atoms with E-state index < -0.39 is 5.60 Å². The molecule has 0 spiro atoms. The minimum absolute atomic E-state index is 0.000564. The molecule has 2 fully saturated rings. The van der Waals surface area contributed by atoms with Gasteiger partial charge in [-0.15, -0.1) is 0 Å². The van der Waals surface area contributed by atoms with Crippen LogP contribution in [0.1, 0.15) is 69.7 Å². The van der Waals surface area contributed by atoms with Crippen LogP contribution in [-0.2, 0) is 4.74 Å². The molecular weight excluding hydrogens is 376 g/mol. The lowest BCUT2D eigenvalue weighted by molar-refractivity contribution is 0.0257. The van der Waals surface area contributed by atoms with Crippen LogP contribution in [0, 0.1) is 0 Å². The highest BCUT2D eigenvalue weighted by Crippen LogP contribution is 2.31. The molecule has 1 aromatic carbocycles. The number of carbonyl (C=O) groups excluding carboxylic acids is 2. The van der Waals surface area contributed by atoms with Gasteiger partial charge in [0.25, 0.3) is 5.91 Å². The zero-order chi connectivity index (χ0) is 20.3. The minimum Gasteiger partial charge on any atom is -0.444 e. The highest BCUT2D eigenvalue weighted by molar-refractivity contribution is 6.33. The summed E-state index contributed by atoms with van der Waals surface area (Å²) in [5, 5.41) is 0.482. The van der Waals surface area contributed by atoms with E-state index in [0.29, 0.717) is 23.7 Å². The molecule has 3 rings (SSSR count). The molecule has 1 saturated carbocycles. The number of nitrogens with zero attached hydrogens (tertiary/aromatic N) is 2. The van der Waals surface area contributed by atoms with Gasteiger partial charge in [0.15, 0.2) is 0 Å². The molecule has 0 N–H and O–H groups in total. The third-order valence-corrected chi connectivity index (χ3v) is 5.84. The molecule has 6 heteroatoms. The van der Waals surface area contributed by atoms with Crippen molar-refractivity contribution in [1.82, 2.24) is 9.80 Å². The molecule has 1 unspecified atom stereocenters. The summed E-state index contributed by atoms with van der Waals surface area (Å²) in [5.74, 6) is -0.0199. The Balaban J connectivity index is 1.79. The maximum atomic E-state index is 13.5. The zero-order valence-corrected chi connectivity index (χ0v) is 17.9. The number of amides is 2. The summed E-state index contributed by atoms with van der Waals surface area (Å²) in [6.07, 6.45) is 5.99. The average Bonchev–Trinajstić information content (AvgIpc) is 3.11. The van der Waals surface area contributed by atoms with Crippen LogP contribution >= 0.6 is 11.6 Å². The van der Waals surface area contributed by atoms with E-state index in [1.54, 1.807) is 17.0 Å². The van der Waals surface area contributed by atoms with Gasteiger partial charge in [0, 0.05) is 19.1 Å². The molecule has 0 radical (unpaired) electrons. The molecule has 0 aromatic heterocycles. The Morgan fingerprint density at radius 3 is 2.39 bits per heavy atom. The molecule has 1 aliphatic carbocycles. The van der Waals surface area contributed by atoms with Crippen LogP contribution in [0.5, 0.6) is 0 Å². The first kappa shape index (κ1) is 21.0. The lowest BCUT2D eigenvalue weighted by atomic mass is 9.92. The zero-order valence-electron chi connectivity index (χ0n) is 17.1. The normalized spacial score (nSPS) is 20.9. The first-order valence-electron chi connectivity index (χ1n) is 10.3. The van der Waals surface area contributed by atoms with Crippen molar-refractivity contribution < 1.29 is 14.3 Å². The minimum atomic E-state index is -0.522. The van der Waals surface area contributed by atoms with Gasteiger partial charge in [-0.3, -0.25) is 4.79 Å². The van der Waals surface area contributed by atoms with Gasteiger partial charge in [0.2, 0.25) is 0 Å².